The molecule has 0 bridgehead atoms. The molecule has 0 saturated heterocycles. The zero-order valence-corrected chi connectivity index (χ0v) is 17.4. The molecule has 1 N–H and O–H groups in total. The maximum absolute atomic E-state index is 14.5. The smallest absolute Gasteiger partial charge is 0.261 e. The van der Waals surface area contributed by atoms with Crippen LogP contribution in [0.5, 0.6) is 0 Å². The third-order valence-electron chi connectivity index (χ3n) is 4.28. The number of fused-ring (bicyclic) bond motifs is 1. The summed E-state index contributed by atoms with van der Waals surface area (Å²) in [5.41, 5.74) is -1.04. The Morgan fingerprint density at radius 3 is 2.45 bits per heavy atom. The highest BCUT2D eigenvalue weighted by atomic mass is 35.5. The number of pyridine rings is 3. The van der Waals surface area contributed by atoms with Gasteiger partial charge in [-0.05, 0) is 24.3 Å². The van der Waals surface area contributed by atoms with Gasteiger partial charge in [0.2, 0.25) is 5.43 Å². The number of amides is 1. The lowest BCUT2D eigenvalue weighted by Crippen LogP contribution is -2.24. The number of nitrogens with zero attached hydrogens (tertiary/aromatic N) is 3. The molecule has 3 heterocycles. The van der Waals surface area contributed by atoms with Crippen molar-refractivity contribution in [3.05, 3.63) is 91.4 Å². The second kappa shape index (κ2) is 8.22. The molecule has 0 atom stereocenters. The van der Waals surface area contributed by atoms with Gasteiger partial charge < -0.3 is 5.32 Å². The van der Waals surface area contributed by atoms with Gasteiger partial charge in [-0.25, -0.2) is 18.7 Å². The third kappa shape index (κ3) is 3.97. The van der Waals surface area contributed by atoms with Crippen molar-refractivity contribution in [3.8, 4) is 5.82 Å². The van der Waals surface area contributed by atoms with Crippen LogP contribution in [0.25, 0.3) is 16.9 Å². The Bertz CT molecular complexity index is 1410. The van der Waals surface area contributed by atoms with E-state index in [0.717, 1.165) is 17.0 Å². The number of hydrogen-bond acceptors (Lipinski definition) is 4. The van der Waals surface area contributed by atoms with Gasteiger partial charge in [0, 0.05) is 12.3 Å². The quantitative estimate of drug-likeness (QED) is 0.404. The van der Waals surface area contributed by atoms with Crippen molar-refractivity contribution >= 4 is 57.4 Å². The van der Waals surface area contributed by atoms with E-state index in [0.29, 0.717) is 6.07 Å². The lowest BCUT2D eigenvalue weighted by molar-refractivity contribution is 0.102. The summed E-state index contributed by atoms with van der Waals surface area (Å²) in [6, 6.07) is 7.89. The fraction of sp³-hybridized carbons (Fsp3) is 0. The summed E-state index contributed by atoms with van der Waals surface area (Å²) in [5, 5.41) is 2.77. The molecule has 0 aliphatic rings. The van der Waals surface area contributed by atoms with Crippen LogP contribution in [-0.2, 0) is 0 Å². The molecule has 0 radical (unpaired) electrons. The molecule has 3 aromatic heterocycles. The maximum atomic E-state index is 14.5. The van der Waals surface area contributed by atoms with Gasteiger partial charge in [-0.2, -0.15) is 0 Å². The van der Waals surface area contributed by atoms with Gasteiger partial charge in [0.25, 0.3) is 5.91 Å². The Balaban J connectivity index is 1.94. The first-order valence-corrected chi connectivity index (χ1v) is 9.68. The van der Waals surface area contributed by atoms with Crippen molar-refractivity contribution in [2.75, 3.05) is 5.32 Å². The van der Waals surface area contributed by atoms with Gasteiger partial charge in [0.15, 0.2) is 17.3 Å². The standard InChI is InChI=1S/C20H9Cl3F2N4O2/c21-12-2-1-3-13(22)16(12)28-20(31)11-8-29(19-14(25)6-9(24)7-26-19)18-10(17(11)30)4-5-15(23)27-18/h1-8H,(H,28,31). The second-order valence-corrected chi connectivity index (χ2v) is 7.46. The molecular formula is C20H9Cl3F2N4O2. The van der Waals surface area contributed by atoms with Gasteiger partial charge in [-0.1, -0.05) is 40.9 Å². The summed E-state index contributed by atoms with van der Waals surface area (Å²) in [7, 11) is 0. The highest BCUT2D eigenvalue weighted by molar-refractivity contribution is 6.40. The van der Waals surface area contributed by atoms with Crippen LogP contribution in [0, 0.1) is 11.6 Å². The van der Waals surface area contributed by atoms with Crippen molar-refractivity contribution in [1.82, 2.24) is 14.5 Å². The molecule has 1 amide bonds. The van der Waals surface area contributed by atoms with E-state index < -0.39 is 23.0 Å². The fourth-order valence-corrected chi connectivity index (χ4v) is 3.52. The Morgan fingerprint density at radius 2 is 1.77 bits per heavy atom. The van der Waals surface area contributed by atoms with Crippen LogP contribution in [0.3, 0.4) is 0 Å². The van der Waals surface area contributed by atoms with E-state index in [1.54, 1.807) is 6.07 Å². The number of anilines is 1. The molecule has 156 valence electrons. The minimum atomic E-state index is -1.03. The Morgan fingerprint density at radius 1 is 1.06 bits per heavy atom. The monoisotopic (exact) mass is 480 g/mol. The summed E-state index contributed by atoms with van der Waals surface area (Å²) in [6.45, 7) is 0. The summed E-state index contributed by atoms with van der Waals surface area (Å²) >= 11 is 18.1. The normalized spacial score (nSPS) is 11.0. The minimum Gasteiger partial charge on any atom is -0.319 e. The van der Waals surface area contributed by atoms with Crippen molar-refractivity contribution in [3.63, 3.8) is 0 Å². The molecule has 0 aliphatic carbocycles. The molecule has 0 saturated carbocycles. The molecular weight excluding hydrogens is 473 g/mol. The van der Waals surface area contributed by atoms with E-state index in [2.05, 4.69) is 15.3 Å². The predicted octanol–water partition coefficient (Wildman–Crippen LogP) is 5.27. The molecule has 0 spiro atoms. The molecule has 0 unspecified atom stereocenters. The van der Waals surface area contributed by atoms with Crippen molar-refractivity contribution in [2.45, 2.75) is 0 Å². The average molecular weight is 482 g/mol. The molecule has 11 heteroatoms. The lowest BCUT2D eigenvalue weighted by Gasteiger charge is -2.14. The summed E-state index contributed by atoms with van der Waals surface area (Å²) in [4.78, 5) is 33.6. The summed E-state index contributed by atoms with van der Waals surface area (Å²) < 4.78 is 28.8. The van der Waals surface area contributed by atoms with E-state index in [9.17, 15) is 18.4 Å². The van der Waals surface area contributed by atoms with Crippen LogP contribution in [0.1, 0.15) is 10.4 Å². The van der Waals surface area contributed by atoms with Gasteiger partial charge in [-0.15, -0.1) is 0 Å². The van der Waals surface area contributed by atoms with Crippen LogP contribution in [0.15, 0.2) is 53.6 Å². The highest BCUT2D eigenvalue weighted by Crippen LogP contribution is 2.30. The molecule has 0 aliphatic heterocycles. The van der Waals surface area contributed by atoms with Gasteiger partial charge in [0.1, 0.15) is 16.5 Å². The number of aromatic nitrogens is 3. The Labute approximate surface area is 188 Å². The highest BCUT2D eigenvalue weighted by Gasteiger charge is 2.21. The zero-order chi connectivity index (χ0) is 22.3. The van der Waals surface area contributed by atoms with Gasteiger partial charge >= 0.3 is 0 Å². The van der Waals surface area contributed by atoms with Crippen LogP contribution >= 0.6 is 34.8 Å². The number of hydrogen-bond donors (Lipinski definition) is 1. The lowest BCUT2D eigenvalue weighted by atomic mass is 10.1. The third-order valence-corrected chi connectivity index (χ3v) is 5.12. The second-order valence-electron chi connectivity index (χ2n) is 6.26. The molecule has 1 aromatic carbocycles. The largest absolute Gasteiger partial charge is 0.319 e. The first-order chi connectivity index (χ1) is 14.8. The maximum Gasteiger partial charge on any atom is 0.261 e. The van der Waals surface area contributed by atoms with Gasteiger partial charge in [0.05, 0.1) is 27.3 Å². The number of carbonyl (C=O) groups is 1. The van der Waals surface area contributed by atoms with Crippen molar-refractivity contribution < 1.29 is 13.6 Å². The van der Waals surface area contributed by atoms with E-state index in [-0.39, 0.29) is 43.3 Å². The van der Waals surface area contributed by atoms with Crippen LogP contribution in [0.2, 0.25) is 15.2 Å². The SMILES string of the molecule is O=C(Nc1c(Cl)cccc1Cl)c1cn(-c2ncc(F)cc2F)c2nc(Cl)ccc2c1=O. The van der Waals surface area contributed by atoms with Crippen LogP contribution < -0.4 is 10.7 Å². The summed E-state index contributed by atoms with van der Waals surface area (Å²) in [5.74, 6) is -3.17. The topological polar surface area (TPSA) is 76.9 Å². The fourth-order valence-electron chi connectivity index (χ4n) is 2.89. The number of halogens is 5. The number of benzene rings is 1. The van der Waals surface area contributed by atoms with E-state index in [1.165, 1.54) is 24.3 Å². The number of carbonyl (C=O) groups excluding carboxylic acids is 1. The first-order valence-electron chi connectivity index (χ1n) is 8.55. The molecule has 4 aromatic rings. The number of para-hydroxylation sites is 1. The molecule has 6 nitrogen and oxygen atoms in total. The van der Waals surface area contributed by atoms with Gasteiger partial charge in [-0.3, -0.25) is 14.2 Å². The number of nitrogens with one attached hydrogen (secondary N) is 1. The predicted molar refractivity (Wildman–Crippen MR) is 114 cm³/mol. The molecule has 0 fully saturated rings. The van der Waals surface area contributed by atoms with E-state index in [4.69, 9.17) is 34.8 Å². The average Bonchev–Trinajstić information content (AvgIpc) is 2.71. The van der Waals surface area contributed by atoms with E-state index >= 15 is 0 Å². The molecule has 31 heavy (non-hydrogen) atoms. The summed E-state index contributed by atoms with van der Waals surface area (Å²) in [6.07, 6.45) is 1.83. The number of rotatable bonds is 3. The Hall–Kier alpha value is -3.07. The molecule has 4 rings (SSSR count). The van der Waals surface area contributed by atoms with Crippen molar-refractivity contribution in [1.29, 1.82) is 0 Å². The minimum absolute atomic E-state index is 0.0169. The van der Waals surface area contributed by atoms with E-state index in [1.807, 2.05) is 0 Å². The first kappa shape index (κ1) is 21.2. The zero-order valence-electron chi connectivity index (χ0n) is 15.2. The van der Waals surface area contributed by atoms with Crippen LogP contribution in [-0.4, -0.2) is 20.4 Å². The van der Waals surface area contributed by atoms with Crippen molar-refractivity contribution in [2.24, 2.45) is 0 Å². The van der Waals surface area contributed by atoms with Crippen LogP contribution in [0.4, 0.5) is 14.5 Å². The Kier molecular flexibility index (Phi) is 5.62.